The lowest BCUT2D eigenvalue weighted by Crippen LogP contribution is -2.38. The van der Waals surface area contributed by atoms with Gasteiger partial charge in [0, 0.05) is 0 Å². The first kappa shape index (κ1) is 23.1. The average Bonchev–Trinajstić information content (AvgIpc) is 2.61. The maximum absolute atomic E-state index is 11.6. The van der Waals surface area contributed by atoms with Crippen LogP contribution in [-0.2, 0) is 30.5 Å². The van der Waals surface area contributed by atoms with Crippen LogP contribution in [0.15, 0.2) is 30.3 Å². The molecule has 0 spiro atoms. The summed E-state index contributed by atoms with van der Waals surface area (Å²) in [6.07, 6.45) is -2.35. The average molecular weight is 396 g/mol. The Bertz CT molecular complexity index is 652. The standard InChI is InChI=1S/C19H24O9/c1-11(28-10-12-5-3-2-4-6-12)7-13(14(18(24)25)8-16(20)21)15(19(26)27)9-17(22)23/h2-6,11,13-15H,7-10H2,1H3,(H,20,21)(H,22,23)(H,24,25)(H,26,27). The first-order chi connectivity index (χ1) is 13.1. The minimum absolute atomic E-state index is 0.110. The summed E-state index contributed by atoms with van der Waals surface area (Å²) in [5.41, 5.74) is 0.853. The zero-order valence-electron chi connectivity index (χ0n) is 15.4. The largest absolute Gasteiger partial charge is 0.481 e. The van der Waals surface area contributed by atoms with Gasteiger partial charge in [-0.25, -0.2) is 0 Å². The van der Waals surface area contributed by atoms with Crippen LogP contribution in [0.4, 0.5) is 0 Å². The van der Waals surface area contributed by atoms with E-state index in [1.807, 2.05) is 30.3 Å². The number of carbonyl (C=O) groups is 4. The Morgan fingerprint density at radius 1 is 0.857 bits per heavy atom. The second kappa shape index (κ2) is 11.0. The predicted octanol–water partition coefficient (Wildman–Crippen LogP) is 1.95. The number of benzene rings is 1. The van der Waals surface area contributed by atoms with E-state index in [0.717, 1.165) is 5.56 Å². The molecule has 0 aliphatic heterocycles. The molecule has 1 aromatic carbocycles. The Morgan fingerprint density at radius 3 is 1.71 bits per heavy atom. The second-order valence-corrected chi connectivity index (χ2v) is 6.59. The molecule has 9 nitrogen and oxygen atoms in total. The molecule has 0 saturated heterocycles. The smallest absolute Gasteiger partial charge is 0.307 e. The molecule has 0 radical (unpaired) electrons. The molecule has 0 fully saturated rings. The molecule has 0 aliphatic carbocycles. The molecule has 0 saturated carbocycles. The zero-order valence-corrected chi connectivity index (χ0v) is 15.4. The van der Waals surface area contributed by atoms with Gasteiger partial charge < -0.3 is 25.2 Å². The Labute approximate surface area is 161 Å². The van der Waals surface area contributed by atoms with E-state index >= 15 is 0 Å². The summed E-state index contributed by atoms with van der Waals surface area (Å²) in [4.78, 5) is 45.4. The lowest BCUT2D eigenvalue weighted by Gasteiger charge is -2.30. The lowest BCUT2D eigenvalue weighted by atomic mass is 9.75. The Kier molecular flexibility index (Phi) is 9.10. The molecule has 0 heterocycles. The van der Waals surface area contributed by atoms with Crippen molar-refractivity contribution in [3.63, 3.8) is 0 Å². The molecule has 1 rings (SSSR count). The number of carboxylic acid groups (broad SMARTS) is 4. The molecule has 9 heteroatoms. The van der Waals surface area contributed by atoms with Gasteiger partial charge in [0.1, 0.15) is 0 Å². The fourth-order valence-corrected chi connectivity index (χ4v) is 3.09. The molecule has 3 unspecified atom stereocenters. The highest BCUT2D eigenvalue weighted by Gasteiger charge is 2.41. The summed E-state index contributed by atoms with van der Waals surface area (Å²) >= 11 is 0. The van der Waals surface area contributed by atoms with Crippen molar-refractivity contribution < 1.29 is 44.3 Å². The topological polar surface area (TPSA) is 158 Å². The molecule has 1 aromatic rings. The van der Waals surface area contributed by atoms with E-state index in [0.29, 0.717) is 0 Å². The van der Waals surface area contributed by atoms with Crippen molar-refractivity contribution in [3.05, 3.63) is 35.9 Å². The molecule has 28 heavy (non-hydrogen) atoms. The maximum Gasteiger partial charge on any atom is 0.307 e. The van der Waals surface area contributed by atoms with E-state index in [2.05, 4.69) is 0 Å². The van der Waals surface area contributed by atoms with Gasteiger partial charge in [0.05, 0.1) is 37.4 Å². The van der Waals surface area contributed by atoms with Crippen molar-refractivity contribution in [2.24, 2.45) is 17.8 Å². The van der Waals surface area contributed by atoms with Crippen LogP contribution in [0.5, 0.6) is 0 Å². The highest BCUT2D eigenvalue weighted by molar-refractivity contribution is 5.81. The van der Waals surface area contributed by atoms with Gasteiger partial charge >= 0.3 is 23.9 Å². The van der Waals surface area contributed by atoms with E-state index in [4.69, 9.17) is 14.9 Å². The first-order valence-corrected chi connectivity index (χ1v) is 8.66. The van der Waals surface area contributed by atoms with Gasteiger partial charge in [-0.2, -0.15) is 0 Å². The highest BCUT2D eigenvalue weighted by atomic mass is 16.5. The van der Waals surface area contributed by atoms with E-state index in [-0.39, 0.29) is 13.0 Å². The van der Waals surface area contributed by atoms with Gasteiger partial charge in [-0.3, -0.25) is 19.2 Å². The minimum Gasteiger partial charge on any atom is -0.481 e. The van der Waals surface area contributed by atoms with Gasteiger partial charge in [-0.05, 0) is 24.8 Å². The number of carboxylic acids is 4. The van der Waals surface area contributed by atoms with Crippen molar-refractivity contribution in [2.75, 3.05) is 0 Å². The fraction of sp³-hybridized carbons (Fsp3) is 0.474. The summed E-state index contributed by atoms with van der Waals surface area (Å²) in [6, 6.07) is 9.09. The van der Waals surface area contributed by atoms with Crippen LogP contribution in [0.3, 0.4) is 0 Å². The molecule has 0 bridgehead atoms. The van der Waals surface area contributed by atoms with E-state index < -0.39 is 60.6 Å². The van der Waals surface area contributed by atoms with Gasteiger partial charge in [-0.1, -0.05) is 30.3 Å². The van der Waals surface area contributed by atoms with Crippen LogP contribution in [-0.4, -0.2) is 50.4 Å². The van der Waals surface area contributed by atoms with Crippen LogP contribution < -0.4 is 0 Å². The quantitative estimate of drug-likeness (QED) is 0.391. The third-order valence-electron chi connectivity index (χ3n) is 4.44. The van der Waals surface area contributed by atoms with Gasteiger partial charge in [0.25, 0.3) is 0 Å². The molecule has 4 N–H and O–H groups in total. The van der Waals surface area contributed by atoms with Crippen LogP contribution in [0.1, 0.15) is 31.7 Å². The van der Waals surface area contributed by atoms with Crippen molar-refractivity contribution in [1.29, 1.82) is 0 Å². The Hall–Kier alpha value is -2.94. The molecule has 154 valence electrons. The molecule has 0 amide bonds. The van der Waals surface area contributed by atoms with Crippen molar-refractivity contribution in [2.45, 2.75) is 38.9 Å². The predicted molar refractivity (Wildman–Crippen MR) is 95.6 cm³/mol. The summed E-state index contributed by atoms with van der Waals surface area (Å²) in [6.45, 7) is 1.80. The molecular formula is C19H24O9. The Morgan fingerprint density at radius 2 is 1.32 bits per heavy atom. The SMILES string of the molecule is CC(CC(C(CC(=O)O)C(=O)O)C(CC(=O)O)C(=O)O)OCc1ccccc1. The molecule has 0 aliphatic rings. The van der Waals surface area contributed by atoms with Crippen LogP contribution in [0.2, 0.25) is 0 Å². The van der Waals surface area contributed by atoms with E-state index in [9.17, 15) is 29.4 Å². The van der Waals surface area contributed by atoms with Gasteiger partial charge in [-0.15, -0.1) is 0 Å². The van der Waals surface area contributed by atoms with E-state index in [1.54, 1.807) is 6.92 Å². The zero-order chi connectivity index (χ0) is 21.3. The number of rotatable bonds is 13. The van der Waals surface area contributed by atoms with Crippen LogP contribution >= 0.6 is 0 Å². The van der Waals surface area contributed by atoms with Crippen molar-refractivity contribution in [3.8, 4) is 0 Å². The fourth-order valence-electron chi connectivity index (χ4n) is 3.09. The molecule has 3 atom stereocenters. The number of hydrogen-bond acceptors (Lipinski definition) is 5. The Balaban J connectivity index is 3.02. The summed E-state index contributed by atoms with van der Waals surface area (Å²) in [5, 5.41) is 36.9. The maximum atomic E-state index is 11.6. The molecule has 0 aromatic heterocycles. The minimum atomic E-state index is -1.55. The van der Waals surface area contributed by atoms with Crippen molar-refractivity contribution >= 4 is 23.9 Å². The molecular weight excluding hydrogens is 372 g/mol. The number of aliphatic carboxylic acids is 4. The van der Waals surface area contributed by atoms with Crippen LogP contribution in [0, 0.1) is 17.8 Å². The second-order valence-electron chi connectivity index (χ2n) is 6.59. The van der Waals surface area contributed by atoms with Gasteiger partial charge in [0.15, 0.2) is 0 Å². The van der Waals surface area contributed by atoms with Crippen molar-refractivity contribution in [1.82, 2.24) is 0 Å². The van der Waals surface area contributed by atoms with Gasteiger partial charge in [0.2, 0.25) is 0 Å². The van der Waals surface area contributed by atoms with Crippen LogP contribution in [0.25, 0.3) is 0 Å². The monoisotopic (exact) mass is 396 g/mol. The van der Waals surface area contributed by atoms with E-state index in [1.165, 1.54) is 0 Å². The summed E-state index contributed by atoms with van der Waals surface area (Å²) in [7, 11) is 0. The lowest BCUT2D eigenvalue weighted by molar-refractivity contribution is -0.158. The third kappa shape index (κ3) is 7.75. The number of hydrogen-bond donors (Lipinski definition) is 4. The summed E-state index contributed by atoms with van der Waals surface area (Å²) < 4.78 is 5.65. The normalized spacial score (nSPS) is 15.2. The summed E-state index contributed by atoms with van der Waals surface area (Å²) in [5.74, 6) is -10.1. The third-order valence-corrected chi connectivity index (χ3v) is 4.44. The number of ether oxygens (including phenoxy) is 1. The highest BCUT2D eigenvalue weighted by Crippen LogP contribution is 2.32. The first-order valence-electron chi connectivity index (χ1n) is 8.66.